The Bertz CT molecular complexity index is 1380. The van der Waals surface area contributed by atoms with E-state index >= 15 is 0 Å². The molecule has 1 aromatic heterocycles. The fourth-order valence-corrected chi connectivity index (χ4v) is 3.86. The van der Waals surface area contributed by atoms with Gasteiger partial charge in [0.25, 0.3) is 5.56 Å². The second-order valence-corrected chi connectivity index (χ2v) is 7.63. The molecule has 0 aliphatic rings. The van der Waals surface area contributed by atoms with Gasteiger partial charge in [0.15, 0.2) is 0 Å². The number of benzene rings is 3. The highest BCUT2D eigenvalue weighted by atomic mass is 16.2. The van der Waals surface area contributed by atoms with E-state index in [0.29, 0.717) is 34.4 Å². The number of amides is 2. The van der Waals surface area contributed by atoms with Crippen LogP contribution in [-0.2, 0) is 9.59 Å². The summed E-state index contributed by atoms with van der Waals surface area (Å²) in [6, 6.07) is 22.6. The van der Waals surface area contributed by atoms with E-state index in [1.165, 1.54) is 11.5 Å². The number of nitrogens with zero attached hydrogens (tertiary/aromatic N) is 2. The molecule has 7 heteroatoms. The minimum absolute atomic E-state index is 0.170. The minimum Gasteiger partial charge on any atom is -0.326 e. The third-order valence-corrected chi connectivity index (χ3v) is 5.33. The second kappa shape index (κ2) is 9.48. The summed E-state index contributed by atoms with van der Waals surface area (Å²) < 4.78 is 1.50. The number of nitrogens with one attached hydrogen (secondary N) is 2. The van der Waals surface area contributed by atoms with Crippen molar-refractivity contribution in [3.8, 4) is 11.3 Å². The first-order chi connectivity index (χ1) is 16.0. The molecule has 0 saturated carbocycles. The van der Waals surface area contributed by atoms with Crippen molar-refractivity contribution in [2.24, 2.45) is 0 Å². The predicted molar refractivity (Wildman–Crippen MR) is 130 cm³/mol. The summed E-state index contributed by atoms with van der Waals surface area (Å²) in [5.74, 6) is -0.541. The van der Waals surface area contributed by atoms with E-state index < -0.39 is 11.6 Å². The Hall–Kier alpha value is -4.26. The largest absolute Gasteiger partial charge is 0.326 e. The fraction of sp³-hybridized carbons (Fsp3) is 0.154. The number of hydrogen-bond acceptors (Lipinski definition) is 4. The maximum absolute atomic E-state index is 13.8. The van der Waals surface area contributed by atoms with Gasteiger partial charge >= 0.3 is 0 Å². The molecular weight excluding hydrogens is 416 g/mol. The molecule has 0 spiro atoms. The second-order valence-electron chi connectivity index (χ2n) is 7.63. The Kier molecular flexibility index (Phi) is 6.31. The van der Waals surface area contributed by atoms with Gasteiger partial charge in [0, 0.05) is 18.2 Å². The topological polar surface area (TPSA) is 93.1 Å². The normalized spacial score (nSPS) is 11.7. The number of para-hydroxylation sites is 4. The molecule has 1 heterocycles. The molecule has 7 nitrogen and oxygen atoms in total. The van der Waals surface area contributed by atoms with Crippen molar-refractivity contribution in [3.63, 3.8) is 0 Å². The quantitative estimate of drug-likeness (QED) is 0.458. The highest BCUT2D eigenvalue weighted by Crippen LogP contribution is 2.27. The van der Waals surface area contributed by atoms with Crippen LogP contribution in [0, 0.1) is 0 Å². The van der Waals surface area contributed by atoms with Gasteiger partial charge in [0.1, 0.15) is 11.7 Å². The SMILES string of the molecule is CCC(C(=O)Nc1ccccc1)n1c(=O)c(-c2ccccc2NC(C)=O)nc2ccccc21. The van der Waals surface area contributed by atoms with Crippen molar-refractivity contribution < 1.29 is 9.59 Å². The molecule has 4 aromatic rings. The molecule has 0 fully saturated rings. The van der Waals surface area contributed by atoms with Gasteiger partial charge in [-0.2, -0.15) is 0 Å². The molecule has 3 aromatic carbocycles. The summed E-state index contributed by atoms with van der Waals surface area (Å²) in [5.41, 5.74) is 2.55. The fourth-order valence-electron chi connectivity index (χ4n) is 3.86. The summed E-state index contributed by atoms with van der Waals surface area (Å²) in [4.78, 5) is 43.4. The Labute approximate surface area is 191 Å². The Morgan fingerprint density at radius 2 is 1.58 bits per heavy atom. The molecule has 0 bridgehead atoms. The van der Waals surface area contributed by atoms with Gasteiger partial charge in [-0.25, -0.2) is 4.98 Å². The number of aromatic nitrogens is 2. The summed E-state index contributed by atoms with van der Waals surface area (Å²) in [5, 5.41) is 5.66. The molecule has 0 saturated heterocycles. The standard InChI is InChI=1S/C26H24N4O3/c1-3-22(25(32)28-18-11-5-4-6-12-18)30-23-16-10-9-15-21(23)29-24(26(30)33)19-13-7-8-14-20(19)27-17(2)31/h4-16,22H,3H2,1-2H3,(H,27,31)(H,28,32). The van der Waals surface area contributed by atoms with Crippen LogP contribution in [0.25, 0.3) is 22.3 Å². The zero-order chi connectivity index (χ0) is 23.4. The van der Waals surface area contributed by atoms with E-state index in [0.717, 1.165) is 0 Å². The van der Waals surface area contributed by atoms with Crippen LogP contribution in [-0.4, -0.2) is 21.4 Å². The van der Waals surface area contributed by atoms with Crippen molar-refractivity contribution in [1.29, 1.82) is 0 Å². The molecule has 0 aliphatic heterocycles. The summed E-state index contributed by atoms with van der Waals surface area (Å²) >= 11 is 0. The highest BCUT2D eigenvalue weighted by Gasteiger charge is 2.25. The average molecular weight is 441 g/mol. The van der Waals surface area contributed by atoms with E-state index in [1.54, 1.807) is 48.5 Å². The molecule has 4 rings (SSSR count). The molecule has 2 amide bonds. The molecule has 1 unspecified atom stereocenters. The Morgan fingerprint density at radius 1 is 0.909 bits per heavy atom. The van der Waals surface area contributed by atoms with E-state index in [-0.39, 0.29) is 17.5 Å². The summed E-state index contributed by atoms with van der Waals surface area (Å²) in [6.45, 7) is 3.27. The van der Waals surface area contributed by atoms with Gasteiger partial charge in [-0.05, 0) is 36.8 Å². The molecule has 0 radical (unpaired) electrons. The third-order valence-electron chi connectivity index (χ3n) is 5.33. The zero-order valence-corrected chi connectivity index (χ0v) is 18.4. The van der Waals surface area contributed by atoms with Crippen LogP contribution >= 0.6 is 0 Å². The minimum atomic E-state index is -0.753. The van der Waals surface area contributed by atoms with Gasteiger partial charge in [-0.1, -0.05) is 55.5 Å². The van der Waals surface area contributed by atoms with Gasteiger partial charge in [0.2, 0.25) is 11.8 Å². The smallest absolute Gasteiger partial charge is 0.278 e. The first-order valence-electron chi connectivity index (χ1n) is 10.7. The average Bonchev–Trinajstić information content (AvgIpc) is 2.81. The molecule has 2 N–H and O–H groups in total. The Balaban J connectivity index is 1.90. The van der Waals surface area contributed by atoms with E-state index in [9.17, 15) is 14.4 Å². The Morgan fingerprint density at radius 3 is 2.30 bits per heavy atom. The maximum atomic E-state index is 13.8. The lowest BCUT2D eigenvalue weighted by atomic mass is 10.1. The van der Waals surface area contributed by atoms with Crippen molar-refractivity contribution in [2.75, 3.05) is 10.6 Å². The van der Waals surface area contributed by atoms with Crippen LogP contribution in [0.4, 0.5) is 11.4 Å². The van der Waals surface area contributed by atoms with Crippen LogP contribution in [0.3, 0.4) is 0 Å². The van der Waals surface area contributed by atoms with Crippen molar-refractivity contribution in [1.82, 2.24) is 9.55 Å². The molecule has 166 valence electrons. The molecule has 0 aliphatic carbocycles. The number of rotatable bonds is 6. The van der Waals surface area contributed by atoms with E-state index in [4.69, 9.17) is 0 Å². The van der Waals surface area contributed by atoms with Crippen molar-refractivity contribution in [2.45, 2.75) is 26.3 Å². The third kappa shape index (κ3) is 4.52. The van der Waals surface area contributed by atoms with Crippen LogP contribution < -0.4 is 16.2 Å². The van der Waals surface area contributed by atoms with E-state index in [1.807, 2.05) is 37.3 Å². The number of fused-ring (bicyclic) bond motifs is 1. The summed E-state index contributed by atoms with van der Waals surface area (Å²) in [7, 11) is 0. The lowest BCUT2D eigenvalue weighted by Gasteiger charge is -2.21. The highest BCUT2D eigenvalue weighted by molar-refractivity contribution is 5.96. The number of anilines is 2. The van der Waals surface area contributed by atoms with Crippen molar-refractivity contribution >= 4 is 34.2 Å². The lowest BCUT2D eigenvalue weighted by Crippen LogP contribution is -2.34. The lowest BCUT2D eigenvalue weighted by molar-refractivity contribution is -0.119. The number of carbonyl (C=O) groups excluding carboxylic acids is 2. The van der Waals surface area contributed by atoms with Crippen LogP contribution in [0.5, 0.6) is 0 Å². The molecule has 33 heavy (non-hydrogen) atoms. The predicted octanol–water partition coefficient (Wildman–Crippen LogP) is 4.61. The first kappa shape index (κ1) is 22.0. The van der Waals surface area contributed by atoms with Crippen LogP contribution in [0.2, 0.25) is 0 Å². The maximum Gasteiger partial charge on any atom is 0.278 e. The summed E-state index contributed by atoms with van der Waals surface area (Å²) in [6.07, 6.45) is 0.402. The van der Waals surface area contributed by atoms with Gasteiger partial charge in [0.05, 0.1) is 16.7 Å². The first-order valence-corrected chi connectivity index (χ1v) is 10.7. The molecule has 1 atom stereocenters. The zero-order valence-electron chi connectivity index (χ0n) is 18.4. The van der Waals surface area contributed by atoms with Crippen molar-refractivity contribution in [3.05, 3.63) is 89.2 Å². The van der Waals surface area contributed by atoms with Crippen LogP contribution in [0.1, 0.15) is 26.3 Å². The monoisotopic (exact) mass is 440 g/mol. The van der Waals surface area contributed by atoms with E-state index in [2.05, 4.69) is 15.6 Å². The molecular formula is C26H24N4O3. The van der Waals surface area contributed by atoms with Gasteiger partial charge in [-0.15, -0.1) is 0 Å². The van der Waals surface area contributed by atoms with Crippen LogP contribution in [0.15, 0.2) is 83.7 Å². The van der Waals surface area contributed by atoms with Gasteiger partial charge < -0.3 is 10.6 Å². The van der Waals surface area contributed by atoms with Gasteiger partial charge in [-0.3, -0.25) is 19.0 Å². The number of hydrogen-bond donors (Lipinski definition) is 2. The number of carbonyl (C=O) groups is 2.